The number of rotatable bonds is 7. The zero-order valence-electron chi connectivity index (χ0n) is 16.5. The van der Waals surface area contributed by atoms with E-state index in [1.807, 2.05) is 17.9 Å². The van der Waals surface area contributed by atoms with Crippen LogP contribution in [0.1, 0.15) is 63.4 Å². The Bertz CT molecular complexity index is 564. The van der Waals surface area contributed by atoms with Crippen molar-refractivity contribution in [2.24, 2.45) is 12.0 Å². The van der Waals surface area contributed by atoms with Gasteiger partial charge in [-0.3, -0.25) is 9.67 Å². The third kappa shape index (κ3) is 5.47. The Labute approximate surface area is 158 Å². The van der Waals surface area contributed by atoms with Gasteiger partial charge in [0.2, 0.25) is 0 Å². The number of guanidine groups is 1. The van der Waals surface area contributed by atoms with Gasteiger partial charge >= 0.3 is 0 Å². The lowest BCUT2D eigenvalue weighted by molar-refractivity contribution is 0.0281. The number of nitrogens with zero attached hydrogens (tertiary/aromatic N) is 4. The van der Waals surface area contributed by atoms with Crippen LogP contribution >= 0.6 is 0 Å². The summed E-state index contributed by atoms with van der Waals surface area (Å²) < 4.78 is 7.91. The summed E-state index contributed by atoms with van der Waals surface area (Å²) >= 11 is 0. The lowest BCUT2D eigenvalue weighted by atomic mass is 9.98. The van der Waals surface area contributed by atoms with Crippen LogP contribution in [0.2, 0.25) is 0 Å². The smallest absolute Gasteiger partial charge is 0.193 e. The summed E-state index contributed by atoms with van der Waals surface area (Å²) in [6.07, 6.45) is 13.4. The zero-order valence-corrected chi connectivity index (χ0v) is 16.5. The summed E-state index contributed by atoms with van der Waals surface area (Å²) in [5, 5.41) is 7.77. The Balaban J connectivity index is 1.43. The first-order chi connectivity index (χ1) is 12.8. The monoisotopic (exact) mass is 361 g/mol. The average molecular weight is 362 g/mol. The Morgan fingerprint density at radius 2 is 2.15 bits per heavy atom. The first-order valence-electron chi connectivity index (χ1n) is 10.4. The van der Waals surface area contributed by atoms with Crippen molar-refractivity contribution in [2.75, 3.05) is 32.8 Å². The molecule has 3 rings (SSSR count). The second kappa shape index (κ2) is 9.95. The minimum Gasteiger partial charge on any atom is -0.378 e. The summed E-state index contributed by atoms with van der Waals surface area (Å²) in [5.41, 5.74) is 1.34. The van der Waals surface area contributed by atoms with E-state index in [-0.39, 0.29) is 0 Å². The third-order valence-electron chi connectivity index (χ3n) is 5.49. The number of ether oxygens (including phenoxy) is 1. The summed E-state index contributed by atoms with van der Waals surface area (Å²) in [7, 11) is 1.98. The van der Waals surface area contributed by atoms with E-state index in [0.717, 1.165) is 45.2 Å². The molecule has 0 spiro atoms. The molecule has 1 N–H and O–H groups in total. The van der Waals surface area contributed by atoms with Gasteiger partial charge in [0.15, 0.2) is 5.96 Å². The van der Waals surface area contributed by atoms with Gasteiger partial charge in [-0.25, -0.2) is 0 Å². The normalized spacial score (nSPS) is 22.2. The summed E-state index contributed by atoms with van der Waals surface area (Å²) in [6.45, 7) is 6.80. The fraction of sp³-hybridized carbons (Fsp3) is 0.800. The second-order valence-electron chi connectivity index (χ2n) is 7.60. The molecule has 2 aliphatic rings. The number of aliphatic imine (C=N–C) groups is 1. The molecule has 6 nitrogen and oxygen atoms in total. The zero-order chi connectivity index (χ0) is 18.2. The van der Waals surface area contributed by atoms with Crippen LogP contribution in [0.25, 0.3) is 0 Å². The molecule has 1 saturated heterocycles. The van der Waals surface area contributed by atoms with E-state index in [9.17, 15) is 0 Å². The van der Waals surface area contributed by atoms with Crippen molar-refractivity contribution in [3.63, 3.8) is 0 Å². The molecule has 2 fully saturated rings. The molecule has 1 aromatic rings. The van der Waals surface area contributed by atoms with E-state index in [0.29, 0.717) is 12.0 Å². The number of hydrogen-bond acceptors (Lipinski definition) is 3. The van der Waals surface area contributed by atoms with Gasteiger partial charge in [0, 0.05) is 51.9 Å². The fourth-order valence-corrected chi connectivity index (χ4v) is 4.03. The minimum absolute atomic E-state index is 0.500. The number of hydrogen-bond donors (Lipinski definition) is 1. The lowest BCUT2D eigenvalue weighted by Gasteiger charge is -2.22. The van der Waals surface area contributed by atoms with Crippen molar-refractivity contribution in [3.05, 3.63) is 18.0 Å². The highest BCUT2D eigenvalue weighted by Crippen LogP contribution is 2.26. The number of aryl methyl sites for hydroxylation is 1. The van der Waals surface area contributed by atoms with Crippen LogP contribution in [0.5, 0.6) is 0 Å². The SMILES string of the molecule is CCNC(=NCCCOC1CCCCC1)N1CCC(c2cnn(C)c2)C1. The van der Waals surface area contributed by atoms with E-state index in [2.05, 4.69) is 28.4 Å². The van der Waals surface area contributed by atoms with Gasteiger partial charge in [-0.05, 0) is 38.2 Å². The Kier molecular flexibility index (Phi) is 7.35. The summed E-state index contributed by atoms with van der Waals surface area (Å²) in [5.74, 6) is 1.61. The van der Waals surface area contributed by atoms with Gasteiger partial charge in [0.1, 0.15) is 0 Å². The first-order valence-corrected chi connectivity index (χ1v) is 10.4. The maximum Gasteiger partial charge on any atom is 0.193 e. The van der Waals surface area contributed by atoms with Crippen molar-refractivity contribution in [2.45, 2.75) is 63.9 Å². The summed E-state index contributed by atoms with van der Waals surface area (Å²) in [4.78, 5) is 7.23. The van der Waals surface area contributed by atoms with Gasteiger partial charge in [0.05, 0.1) is 12.3 Å². The molecule has 1 unspecified atom stereocenters. The quantitative estimate of drug-likeness (QED) is 0.461. The molecule has 1 saturated carbocycles. The number of likely N-dealkylation sites (tertiary alicyclic amines) is 1. The molecule has 6 heteroatoms. The summed E-state index contributed by atoms with van der Waals surface area (Å²) in [6, 6.07) is 0. The van der Waals surface area contributed by atoms with E-state index >= 15 is 0 Å². The molecule has 0 bridgehead atoms. The first kappa shape index (κ1) is 19.2. The average Bonchev–Trinajstić information content (AvgIpc) is 3.30. The highest BCUT2D eigenvalue weighted by molar-refractivity contribution is 5.80. The number of aromatic nitrogens is 2. The van der Waals surface area contributed by atoms with Crippen LogP contribution in [0.15, 0.2) is 17.4 Å². The fourth-order valence-electron chi connectivity index (χ4n) is 4.03. The predicted molar refractivity (Wildman–Crippen MR) is 106 cm³/mol. The molecule has 2 heterocycles. The number of nitrogens with one attached hydrogen (secondary N) is 1. The molecule has 1 aliphatic heterocycles. The Morgan fingerprint density at radius 1 is 1.31 bits per heavy atom. The van der Waals surface area contributed by atoms with Crippen molar-refractivity contribution < 1.29 is 4.74 Å². The van der Waals surface area contributed by atoms with Crippen LogP contribution in [-0.2, 0) is 11.8 Å². The molecule has 0 radical (unpaired) electrons. The van der Waals surface area contributed by atoms with Crippen molar-refractivity contribution in [3.8, 4) is 0 Å². The van der Waals surface area contributed by atoms with E-state index in [1.165, 1.54) is 44.1 Å². The maximum absolute atomic E-state index is 6.01. The molecule has 26 heavy (non-hydrogen) atoms. The van der Waals surface area contributed by atoms with Crippen molar-refractivity contribution in [1.82, 2.24) is 20.0 Å². The van der Waals surface area contributed by atoms with Crippen LogP contribution in [-0.4, -0.2) is 59.5 Å². The third-order valence-corrected chi connectivity index (χ3v) is 5.49. The van der Waals surface area contributed by atoms with Crippen LogP contribution in [0, 0.1) is 0 Å². The lowest BCUT2D eigenvalue weighted by Crippen LogP contribution is -2.40. The van der Waals surface area contributed by atoms with Crippen LogP contribution in [0.3, 0.4) is 0 Å². The van der Waals surface area contributed by atoms with Gasteiger partial charge in [-0.15, -0.1) is 0 Å². The molecule has 146 valence electrons. The highest BCUT2D eigenvalue weighted by atomic mass is 16.5. The van der Waals surface area contributed by atoms with Gasteiger partial charge in [0.25, 0.3) is 0 Å². The van der Waals surface area contributed by atoms with Crippen molar-refractivity contribution in [1.29, 1.82) is 0 Å². The minimum atomic E-state index is 0.500. The van der Waals surface area contributed by atoms with Gasteiger partial charge in [-0.1, -0.05) is 19.3 Å². The molecule has 0 aromatic carbocycles. The van der Waals surface area contributed by atoms with Crippen LogP contribution in [0.4, 0.5) is 0 Å². The van der Waals surface area contributed by atoms with E-state index in [1.54, 1.807) is 0 Å². The molecule has 1 aromatic heterocycles. The largest absolute Gasteiger partial charge is 0.378 e. The Morgan fingerprint density at radius 3 is 2.88 bits per heavy atom. The molecular formula is C20H35N5O. The Hall–Kier alpha value is -1.56. The van der Waals surface area contributed by atoms with Crippen LogP contribution < -0.4 is 5.32 Å². The van der Waals surface area contributed by atoms with Gasteiger partial charge in [-0.2, -0.15) is 5.10 Å². The highest BCUT2D eigenvalue weighted by Gasteiger charge is 2.26. The van der Waals surface area contributed by atoms with E-state index in [4.69, 9.17) is 9.73 Å². The predicted octanol–water partition coefficient (Wildman–Crippen LogP) is 2.91. The van der Waals surface area contributed by atoms with Crippen molar-refractivity contribution >= 4 is 5.96 Å². The molecule has 1 aliphatic carbocycles. The molecular weight excluding hydrogens is 326 g/mol. The molecule has 0 amide bonds. The standard InChI is InChI=1S/C20H35N5O/c1-3-21-20(22-11-7-13-26-19-8-5-4-6-9-19)25-12-10-17(16-25)18-14-23-24(2)15-18/h14-15,17,19H,3-13,16H2,1-2H3,(H,21,22). The van der Waals surface area contributed by atoms with Gasteiger partial charge < -0.3 is 15.0 Å². The second-order valence-corrected chi connectivity index (χ2v) is 7.60. The van der Waals surface area contributed by atoms with E-state index < -0.39 is 0 Å². The maximum atomic E-state index is 6.01. The topological polar surface area (TPSA) is 54.7 Å². The molecule has 1 atom stereocenters.